The summed E-state index contributed by atoms with van der Waals surface area (Å²) >= 11 is 2.91. The highest BCUT2D eigenvalue weighted by molar-refractivity contribution is 9.10. The predicted molar refractivity (Wildman–Crippen MR) is 73.8 cm³/mol. The molecule has 2 N–H and O–H groups in total. The number of ether oxygens (including phenoxy) is 2. The summed E-state index contributed by atoms with van der Waals surface area (Å²) in [4.78, 5) is 11.8. The second kappa shape index (κ2) is 6.44. The molecule has 1 aromatic carbocycles. The smallest absolute Gasteiger partial charge is 0.506 e. The lowest BCUT2D eigenvalue weighted by atomic mass is 10.1. The van der Waals surface area contributed by atoms with Gasteiger partial charge in [-0.25, -0.2) is 4.79 Å². The monoisotopic (exact) mass is 395 g/mol. The van der Waals surface area contributed by atoms with Crippen molar-refractivity contribution in [3.63, 3.8) is 0 Å². The van der Waals surface area contributed by atoms with Crippen LogP contribution in [0.4, 0.5) is 13.2 Å². The molecule has 0 bridgehead atoms. The second-order valence-corrected chi connectivity index (χ2v) is 4.94. The Morgan fingerprint density at radius 1 is 1.39 bits per heavy atom. The van der Waals surface area contributed by atoms with Gasteiger partial charge in [-0.3, -0.25) is 0 Å². The quantitative estimate of drug-likeness (QED) is 0.772. The number of hydrogen-bond donors (Lipinski definition) is 2. The van der Waals surface area contributed by atoms with Crippen LogP contribution in [-0.4, -0.2) is 39.5 Å². The summed E-state index contributed by atoms with van der Waals surface area (Å²) < 4.78 is 45.5. The third-order valence-electron chi connectivity index (χ3n) is 2.54. The molecule has 0 aliphatic carbocycles. The van der Waals surface area contributed by atoms with E-state index in [4.69, 9.17) is 4.74 Å². The minimum atomic E-state index is -4.92. The van der Waals surface area contributed by atoms with E-state index in [2.05, 4.69) is 36.1 Å². The molecule has 0 aliphatic rings. The van der Waals surface area contributed by atoms with Crippen molar-refractivity contribution >= 4 is 21.9 Å². The van der Waals surface area contributed by atoms with Crippen LogP contribution in [0.5, 0.6) is 11.5 Å². The van der Waals surface area contributed by atoms with Crippen molar-refractivity contribution in [2.24, 2.45) is 0 Å². The molecule has 2 aromatic rings. The Bertz CT molecular complexity index is 733. The fourth-order valence-electron chi connectivity index (χ4n) is 1.71. The second-order valence-electron chi connectivity index (χ2n) is 4.09. The number of nitrogens with zero attached hydrogens (tertiary/aromatic N) is 2. The third kappa shape index (κ3) is 3.92. The molecule has 0 fully saturated rings. The Morgan fingerprint density at radius 2 is 2.09 bits per heavy atom. The van der Waals surface area contributed by atoms with Crippen LogP contribution in [-0.2, 0) is 4.74 Å². The Hall–Kier alpha value is -2.30. The van der Waals surface area contributed by atoms with Gasteiger partial charge in [0.05, 0.1) is 16.6 Å². The first-order valence-electron chi connectivity index (χ1n) is 6.09. The normalized spacial score (nSPS) is 11.3. The molecule has 1 heterocycles. The average molecular weight is 396 g/mol. The molecular weight excluding hydrogens is 387 g/mol. The first-order valence-corrected chi connectivity index (χ1v) is 6.88. The Labute approximate surface area is 135 Å². The number of halogens is 4. The van der Waals surface area contributed by atoms with Crippen molar-refractivity contribution in [2.45, 2.75) is 13.3 Å². The van der Waals surface area contributed by atoms with Crippen LogP contribution in [0.25, 0.3) is 11.3 Å². The Morgan fingerprint density at radius 3 is 2.70 bits per heavy atom. The summed E-state index contributed by atoms with van der Waals surface area (Å²) in [5.41, 5.74) is -0.636. The zero-order valence-electron chi connectivity index (χ0n) is 11.4. The van der Waals surface area contributed by atoms with E-state index in [1.54, 1.807) is 6.92 Å². The molecule has 11 heteroatoms. The Balaban J connectivity index is 2.51. The zero-order chi connectivity index (χ0) is 17.2. The summed E-state index contributed by atoms with van der Waals surface area (Å²) in [6, 6.07) is 1.81. The molecule has 23 heavy (non-hydrogen) atoms. The first kappa shape index (κ1) is 17.1. The summed E-state index contributed by atoms with van der Waals surface area (Å²) in [7, 11) is 0. The van der Waals surface area contributed by atoms with Gasteiger partial charge in [0.25, 0.3) is 0 Å². The van der Waals surface area contributed by atoms with Crippen LogP contribution >= 0.6 is 15.9 Å². The number of aromatic hydroxyl groups is 1. The van der Waals surface area contributed by atoms with Gasteiger partial charge in [0.15, 0.2) is 5.69 Å². The van der Waals surface area contributed by atoms with E-state index in [-0.39, 0.29) is 28.0 Å². The van der Waals surface area contributed by atoms with E-state index in [1.807, 2.05) is 0 Å². The zero-order valence-corrected chi connectivity index (χ0v) is 13.0. The molecule has 0 saturated carbocycles. The van der Waals surface area contributed by atoms with Crippen LogP contribution in [0.1, 0.15) is 17.4 Å². The lowest BCUT2D eigenvalue weighted by Gasteiger charge is -2.12. The molecule has 0 saturated heterocycles. The molecule has 0 spiro atoms. The summed E-state index contributed by atoms with van der Waals surface area (Å²) in [6.45, 7) is 1.64. The summed E-state index contributed by atoms with van der Waals surface area (Å²) in [6.07, 6.45) is -4.92. The van der Waals surface area contributed by atoms with Gasteiger partial charge in [-0.05, 0) is 35.0 Å². The van der Waals surface area contributed by atoms with Crippen LogP contribution in [0.2, 0.25) is 0 Å². The number of aromatic nitrogens is 3. The molecule has 0 radical (unpaired) electrons. The molecule has 7 nitrogen and oxygen atoms in total. The number of alkyl halides is 3. The Kier molecular flexibility index (Phi) is 4.78. The van der Waals surface area contributed by atoms with E-state index < -0.39 is 23.8 Å². The van der Waals surface area contributed by atoms with Crippen LogP contribution in [0.3, 0.4) is 0 Å². The molecular formula is C12H9BrF3N3O4. The fraction of sp³-hybridized carbons (Fsp3) is 0.250. The number of rotatable bonds is 4. The lowest BCUT2D eigenvalue weighted by Crippen LogP contribution is -2.17. The van der Waals surface area contributed by atoms with Crippen molar-refractivity contribution in [1.82, 2.24) is 15.4 Å². The molecule has 2 rings (SSSR count). The van der Waals surface area contributed by atoms with Gasteiger partial charge in [-0.2, -0.15) is 10.3 Å². The van der Waals surface area contributed by atoms with Crippen molar-refractivity contribution < 1.29 is 32.5 Å². The van der Waals surface area contributed by atoms with E-state index >= 15 is 0 Å². The number of carbonyl (C=O) groups is 1. The van der Waals surface area contributed by atoms with Gasteiger partial charge in [0, 0.05) is 0 Å². The number of aromatic amines is 1. The maximum absolute atomic E-state index is 12.3. The van der Waals surface area contributed by atoms with Gasteiger partial charge in [0.1, 0.15) is 17.2 Å². The molecule has 0 aliphatic heterocycles. The number of hydrogen-bond acceptors (Lipinski definition) is 6. The summed E-state index contributed by atoms with van der Waals surface area (Å²) in [5.74, 6) is -1.87. The maximum Gasteiger partial charge on any atom is 0.573 e. The third-order valence-corrected chi connectivity index (χ3v) is 3.15. The van der Waals surface area contributed by atoms with E-state index in [1.165, 1.54) is 0 Å². The SMILES string of the molecule is CCOC(=O)c1n[nH]nc1-c1cc(OC(F)(F)F)cc(Br)c1O. The van der Waals surface area contributed by atoms with Crippen molar-refractivity contribution in [3.8, 4) is 22.8 Å². The number of carbonyl (C=O) groups excluding carboxylic acids is 1. The minimum absolute atomic E-state index is 0.0675. The lowest BCUT2D eigenvalue weighted by molar-refractivity contribution is -0.274. The van der Waals surface area contributed by atoms with Gasteiger partial charge < -0.3 is 14.6 Å². The van der Waals surface area contributed by atoms with Crippen molar-refractivity contribution in [1.29, 1.82) is 0 Å². The first-order chi connectivity index (χ1) is 10.7. The molecule has 0 amide bonds. The number of esters is 1. The number of phenols is 1. The summed E-state index contributed by atoms with van der Waals surface area (Å²) in [5, 5.41) is 19.4. The van der Waals surface area contributed by atoms with Crippen LogP contribution < -0.4 is 4.74 Å². The highest BCUT2D eigenvalue weighted by Crippen LogP contribution is 2.40. The molecule has 1 aromatic heterocycles. The minimum Gasteiger partial charge on any atom is -0.506 e. The van der Waals surface area contributed by atoms with Gasteiger partial charge >= 0.3 is 12.3 Å². The maximum atomic E-state index is 12.3. The largest absolute Gasteiger partial charge is 0.573 e. The fourth-order valence-corrected chi connectivity index (χ4v) is 2.15. The highest BCUT2D eigenvalue weighted by atomic mass is 79.9. The van der Waals surface area contributed by atoms with Gasteiger partial charge in [0.2, 0.25) is 0 Å². The van der Waals surface area contributed by atoms with E-state index in [9.17, 15) is 23.1 Å². The average Bonchev–Trinajstić information content (AvgIpc) is 2.90. The van der Waals surface area contributed by atoms with Crippen LogP contribution in [0.15, 0.2) is 16.6 Å². The number of phenolic OH excluding ortho intramolecular Hbond substituents is 1. The van der Waals surface area contributed by atoms with Crippen molar-refractivity contribution in [2.75, 3.05) is 6.61 Å². The molecule has 0 unspecified atom stereocenters. The van der Waals surface area contributed by atoms with E-state index in [0.717, 1.165) is 12.1 Å². The standard InChI is InChI=1S/C12H9BrF3N3O4/c1-2-22-11(21)9-8(17-19-18-9)6-3-5(23-12(14,15)16)4-7(13)10(6)20/h3-4,20H,2H2,1H3,(H,17,18,19). The van der Waals surface area contributed by atoms with Gasteiger partial charge in [-0.1, -0.05) is 0 Å². The molecule has 0 atom stereocenters. The molecule has 124 valence electrons. The number of benzene rings is 1. The number of H-pyrrole nitrogens is 1. The highest BCUT2D eigenvalue weighted by Gasteiger charge is 2.32. The van der Waals surface area contributed by atoms with Crippen molar-refractivity contribution in [3.05, 3.63) is 22.3 Å². The predicted octanol–water partition coefficient (Wildman–Crippen LogP) is 3.02. The van der Waals surface area contributed by atoms with E-state index in [0.29, 0.717) is 0 Å². The number of nitrogens with one attached hydrogen (secondary N) is 1. The topological polar surface area (TPSA) is 97.3 Å². The van der Waals surface area contributed by atoms with Crippen LogP contribution in [0, 0.1) is 0 Å². The van der Waals surface area contributed by atoms with Gasteiger partial charge in [-0.15, -0.1) is 18.3 Å².